The number of carbonyl (C=O) groups excluding carboxylic acids is 1. The normalized spacial score (nSPS) is 11.9. The number of hydrogen-bond donors (Lipinski definition) is 1. The van der Waals surface area contributed by atoms with Crippen LogP contribution >= 0.6 is 11.8 Å². The molecule has 0 fully saturated rings. The van der Waals surface area contributed by atoms with E-state index in [9.17, 15) is 4.79 Å². The summed E-state index contributed by atoms with van der Waals surface area (Å²) in [6.45, 7) is 2.09. The Bertz CT molecular complexity index is 537. The first-order valence-electron chi connectivity index (χ1n) is 6.30. The van der Waals surface area contributed by atoms with Crippen LogP contribution in [0.1, 0.15) is 12.7 Å². The first kappa shape index (κ1) is 14.5. The highest BCUT2D eigenvalue weighted by Gasteiger charge is 2.14. The van der Waals surface area contributed by atoms with E-state index >= 15 is 0 Å². The van der Waals surface area contributed by atoms with Crippen LogP contribution in [0.2, 0.25) is 0 Å². The molecule has 1 N–H and O–H groups in total. The van der Waals surface area contributed by atoms with Gasteiger partial charge in [0.25, 0.3) is 5.91 Å². The number of carbonyl (C=O) groups is 1. The monoisotopic (exact) mass is 291 g/mol. The first-order chi connectivity index (χ1) is 9.69. The number of hydrogen-bond acceptors (Lipinski definition) is 4. The second kappa shape index (κ2) is 7.05. The number of ether oxygens (including phenoxy) is 1. The third kappa shape index (κ3) is 4.06. The summed E-state index contributed by atoms with van der Waals surface area (Å²) in [4.78, 5) is 13.0. The van der Waals surface area contributed by atoms with Crippen molar-refractivity contribution in [3.63, 3.8) is 0 Å². The molecule has 106 valence electrons. The standard InChI is InChI=1S/C15H17NO3S/c1-11(15(17)16-10-13-4-3-9-18-13)19-12-5-7-14(20-2)8-6-12/h3-9,11H,10H2,1-2H3,(H,16,17). The molecular formula is C15H17NO3S. The zero-order valence-electron chi connectivity index (χ0n) is 11.5. The Kier molecular flexibility index (Phi) is 5.12. The van der Waals surface area contributed by atoms with Gasteiger partial charge in [-0.1, -0.05) is 0 Å². The topological polar surface area (TPSA) is 51.5 Å². The molecule has 0 saturated carbocycles. The van der Waals surface area contributed by atoms with Gasteiger partial charge < -0.3 is 14.5 Å². The average molecular weight is 291 g/mol. The SMILES string of the molecule is CSc1ccc(OC(C)C(=O)NCc2ccco2)cc1. The Hall–Kier alpha value is -1.88. The highest BCUT2D eigenvalue weighted by Crippen LogP contribution is 2.19. The number of furan rings is 1. The van der Waals surface area contributed by atoms with Crippen LogP contribution in [-0.2, 0) is 11.3 Å². The fourth-order valence-corrected chi connectivity index (χ4v) is 2.05. The molecule has 1 atom stereocenters. The molecule has 0 aliphatic carbocycles. The van der Waals surface area contributed by atoms with E-state index in [-0.39, 0.29) is 5.91 Å². The van der Waals surface area contributed by atoms with Crippen LogP contribution in [0.3, 0.4) is 0 Å². The Morgan fingerprint density at radius 1 is 1.35 bits per heavy atom. The third-order valence-electron chi connectivity index (χ3n) is 2.76. The third-order valence-corrected chi connectivity index (χ3v) is 3.50. The predicted molar refractivity (Wildman–Crippen MR) is 78.9 cm³/mol. The van der Waals surface area contributed by atoms with Crippen LogP contribution in [0.5, 0.6) is 5.75 Å². The van der Waals surface area contributed by atoms with E-state index in [1.165, 1.54) is 0 Å². The zero-order valence-corrected chi connectivity index (χ0v) is 12.3. The molecule has 1 aromatic heterocycles. The van der Waals surface area contributed by atoms with Crippen LogP contribution in [-0.4, -0.2) is 18.3 Å². The summed E-state index contributed by atoms with van der Waals surface area (Å²) in [5, 5.41) is 2.77. The highest BCUT2D eigenvalue weighted by molar-refractivity contribution is 7.98. The van der Waals surface area contributed by atoms with Gasteiger partial charge in [-0.15, -0.1) is 11.8 Å². The summed E-state index contributed by atoms with van der Waals surface area (Å²) in [6.07, 6.45) is 3.04. The molecule has 1 heterocycles. The molecule has 1 aromatic carbocycles. The number of nitrogens with one attached hydrogen (secondary N) is 1. The van der Waals surface area contributed by atoms with E-state index in [1.54, 1.807) is 31.0 Å². The van der Waals surface area contributed by atoms with Gasteiger partial charge in [-0.05, 0) is 49.6 Å². The maximum Gasteiger partial charge on any atom is 0.261 e. The lowest BCUT2D eigenvalue weighted by Gasteiger charge is -2.14. The van der Waals surface area contributed by atoms with Crippen molar-refractivity contribution in [3.05, 3.63) is 48.4 Å². The molecule has 0 aliphatic rings. The minimum Gasteiger partial charge on any atom is -0.481 e. The van der Waals surface area contributed by atoms with E-state index < -0.39 is 6.10 Å². The lowest BCUT2D eigenvalue weighted by Crippen LogP contribution is -2.35. The minimum atomic E-state index is -0.551. The van der Waals surface area contributed by atoms with E-state index in [0.717, 1.165) is 10.7 Å². The smallest absolute Gasteiger partial charge is 0.261 e. The van der Waals surface area contributed by atoms with Crippen molar-refractivity contribution in [2.24, 2.45) is 0 Å². The fraction of sp³-hybridized carbons (Fsp3) is 0.267. The summed E-state index contributed by atoms with van der Waals surface area (Å²) in [5.41, 5.74) is 0. The molecule has 5 heteroatoms. The van der Waals surface area contributed by atoms with Gasteiger partial charge in [0.05, 0.1) is 12.8 Å². The Morgan fingerprint density at radius 2 is 2.10 bits per heavy atom. The number of rotatable bonds is 6. The van der Waals surface area contributed by atoms with Crippen molar-refractivity contribution < 1.29 is 13.9 Å². The van der Waals surface area contributed by atoms with Crippen molar-refractivity contribution in [2.45, 2.75) is 24.5 Å². The second-order valence-electron chi connectivity index (χ2n) is 4.23. The summed E-state index contributed by atoms with van der Waals surface area (Å²) in [7, 11) is 0. The first-order valence-corrected chi connectivity index (χ1v) is 7.52. The Labute approximate surface area is 122 Å². The van der Waals surface area contributed by atoms with Crippen LogP contribution in [0.15, 0.2) is 52.0 Å². The van der Waals surface area contributed by atoms with Gasteiger partial charge in [0.2, 0.25) is 0 Å². The van der Waals surface area contributed by atoms with E-state index in [2.05, 4.69) is 5.32 Å². The quantitative estimate of drug-likeness (QED) is 0.831. The summed E-state index contributed by atoms with van der Waals surface area (Å²) in [5.74, 6) is 1.23. The molecule has 0 radical (unpaired) electrons. The van der Waals surface area contributed by atoms with Gasteiger partial charge in [-0.2, -0.15) is 0 Å². The van der Waals surface area contributed by atoms with Gasteiger partial charge >= 0.3 is 0 Å². The van der Waals surface area contributed by atoms with Crippen LogP contribution < -0.4 is 10.1 Å². The molecular weight excluding hydrogens is 274 g/mol. The Morgan fingerprint density at radius 3 is 2.70 bits per heavy atom. The van der Waals surface area contributed by atoms with Crippen molar-refractivity contribution >= 4 is 17.7 Å². The molecule has 4 nitrogen and oxygen atoms in total. The maximum atomic E-state index is 11.9. The van der Waals surface area contributed by atoms with Gasteiger partial charge in [0.15, 0.2) is 6.10 Å². The largest absolute Gasteiger partial charge is 0.481 e. The van der Waals surface area contributed by atoms with Crippen LogP contribution in [0, 0.1) is 0 Å². The molecule has 2 aromatic rings. The maximum absolute atomic E-state index is 11.9. The molecule has 1 unspecified atom stereocenters. The molecule has 0 spiro atoms. The minimum absolute atomic E-state index is 0.171. The molecule has 0 saturated heterocycles. The van der Waals surface area contributed by atoms with Gasteiger partial charge in [-0.3, -0.25) is 4.79 Å². The Balaban J connectivity index is 1.83. The van der Waals surface area contributed by atoms with Crippen molar-refractivity contribution in [2.75, 3.05) is 6.26 Å². The molecule has 20 heavy (non-hydrogen) atoms. The van der Waals surface area contributed by atoms with E-state index in [4.69, 9.17) is 9.15 Å². The van der Waals surface area contributed by atoms with Crippen molar-refractivity contribution in [1.29, 1.82) is 0 Å². The van der Waals surface area contributed by atoms with Crippen molar-refractivity contribution in [3.8, 4) is 5.75 Å². The van der Waals surface area contributed by atoms with Gasteiger partial charge in [0.1, 0.15) is 11.5 Å². The summed E-state index contributed by atoms with van der Waals surface area (Å²) >= 11 is 1.66. The summed E-state index contributed by atoms with van der Waals surface area (Å²) < 4.78 is 10.7. The molecule has 2 rings (SSSR count). The molecule has 0 aliphatic heterocycles. The van der Waals surface area contributed by atoms with E-state index in [0.29, 0.717) is 12.3 Å². The highest BCUT2D eigenvalue weighted by atomic mass is 32.2. The number of thioether (sulfide) groups is 1. The van der Waals surface area contributed by atoms with Crippen molar-refractivity contribution in [1.82, 2.24) is 5.32 Å². The lowest BCUT2D eigenvalue weighted by atomic mass is 10.3. The van der Waals surface area contributed by atoms with E-state index in [1.807, 2.05) is 36.6 Å². The second-order valence-corrected chi connectivity index (χ2v) is 5.11. The van der Waals surface area contributed by atoms with Gasteiger partial charge in [-0.25, -0.2) is 0 Å². The summed E-state index contributed by atoms with van der Waals surface area (Å²) in [6, 6.07) is 11.3. The predicted octanol–water partition coefficient (Wildman–Crippen LogP) is 3.09. The lowest BCUT2D eigenvalue weighted by molar-refractivity contribution is -0.127. The molecule has 0 bridgehead atoms. The number of amides is 1. The van der Waals surface area contributed by atoms with Gasteiger partial charge in [0, 0.05) is 4.90 Å². The number of benzene rings is 1. The van der Waals surface area contributed by atoms with Crippen LogP contribution in [0.25, 0.3) is 0 Å². The fourth-order valence-electron chi connectivity index (χ4n) is 1.64. The van der Waals surface area contributed by atoms with Crippen LogP contribution in [0.4, 0.5) is 0 Å². The molecule has 1 amide bonds. The average Bonchev–Trinajstić information content (AvgIpc) is 2.98. The zero-order chi connectivity index (χ0) is 14.4.